The van der Waals surface area contributed by atoms with Crippen LogP contribution in [0.1, 0.15) is 55.3 Å². The second-order valence-corrected chi connectivity index (χ2v) is 9.02. The van der Waals surface area contributed by atoms with Crippen molar-refractivity contribution in [3.05, 3.63) is 29.8 Å². The smallest absolute Gasteiger partial charge is 0.253 e. The van der Waals surface area contributed by atoms with Crippen LogP contribution in [0.4, 0.5) is 5.69 Å². The number of hydrogen-bond acceptors (Lipinski definition) is 2. The van der Waals surface area contributed by atoms with E-state index in [0.717, 1.165) is 49.0 Å². The van der Waals surface area contributed by atoms with Crippen LogP contribution < -0.4 is 5.32 Å². The summed E-state index contributed by atoms with van der Waals surface area (Å²) in [6, 6.07) is 7.48. The van der Waals surface area contributed by atoms with Crippen LogP contribution in [-0.2, 0) is 4.79 Å². The Morgan fingerprint density at radius 1 is 0.846 bits per heavy atom. The van der Waals surface area contributed by atoms with E-state index in [2.05, 4.69) is 5.32 Å². The maximum absolute atomic E-state index is 12.9. The van der Waals surface area contributed by atoms with Crippen LogP contribution in [0.15, 0.2) is 24.3 Å². The molecule has 1 heterocycles. The first-order valence-electron chi connectivity index (χ1n) is 10.4. The first kappa shape index (κ1) is 16.3. The predicted octanol–water partition coefficient (Wildman–Crippen LogP) is 3.93. The Hall–Kier alpha value is -1.84. The van der Waals surface area contributed by atoms with E-state index >= 15 is 0 Å². The van der Waals surface area contributed by atoms with Gasteiger partial charge in [0.1, 0.15) is 0 Å². The molecule has 138 valence electrons. The fourth-order valence-corrected chi connectivity index (χ4v) is 6.38. The number of carbonyl (C=O) groups is 2. The largest absolute Gasteiger partial charge is 0.339 e. The molecule has 4 saturated carbocycles. The van der Waals surface area contributed by atoms with E-state index in [1.807, 2.05) is 29.2 Å². The molecule has 1 aromatic rings. The van der Waals surface area contributed by atoms with Gasteiger partial charge in [0.15, 0.2) is 0 Å². The van der Waals surface area contributed by atoms with Gasteiger partial charge in [0, 0.05) is 30.3 Å². The third kappa shape index (κ3) is 2.83. The van der Waals surface area contributed by atoms with E-state index in [1.54, 1.807) is 0 Å². The lowest BCUT2D eigenvalue weighted by Gasteiger charge is -2.53. The van der Waals surface area contributed by atoms with E-state index in [4.69, 9.17) is 0 Å². The summed E-state index contributed by atoms with van der Waals surface area (Å²) in [6.07, 6.45) is 8.65. The highest BCUT2D eigenvalue weighted by Crippen LogP contribution is 2.56. The van der Waals surface area contributed by atoms with E-state index in [1.165, 1.54) is 32.1 Å². The zero-order valence-corrected chi connectivity index (χ0v) is 15.3. The molecule has 4 nitrogen and oxygen atoms in total. The molecule has 0 unspecified atom stereocenters. The maximum Gasteiger partial charge on any atom is 0.253 e. The van der Waals surface area contributed by atoms with Crippen molar-refractivity contribution in [2.45, 2.75) is 44.9 Å². The number of anilines is 1. The first-order valence-corrected chi connectivity index (χ1v) is 10.4. The summed E-state index contributed by atoms with van der Waals surface area (Å²) in [5.41, 5.74) is 1.54. The molecule has 0 aromatic heterocycles. The summed E-state index contributed by atoms with van der Waals surface area (Å²) in [7, 11) is 0. The molecule has 1 aliphatic heterocycles. The van der Waals surface area contributed by atoms with Crippen molar-refractivity contribution in [3.8, 4) is 0 Å². The molecule has 1 saturated heterocycles. The standard InChI is InChI=1S/C22H28N2O2/c25-21(20-17-10-14-9-15(12-17)13-18(20)11-14)23-19-5-3-16(4-6-19)22(26)24-7-1-2-8-24/h3-6,14-15,17-18,20H,1-2,7-13H2,(H,23,25). The summed E-state index contributed by atoms with van der Waals surface area (Å²) >= 11 is 0. The number of amides is 2. The average molecular weight is 352 g/mol. The summed E-state index contributed by atoms with van der Waals surface area (Å²) in [4.78, 5) is 27.3. The summed E-state index contributed by atoms with van der Waals surface area (Å²) in [5.74, 6) is 3.49. The van der Waals surface area contributed by atoms with E-state index in [-0.39, 0.29) is 17.7 Å². The monoisotopic (exact) mass is 352 g/mol. The minimum absolute atomic E-state index is 0.112. The number of nitrogens with zero attached hydrogens (tertiary/aromatic N) is 1. The van der Waals surface area contributed by atoms with Gasteiger partial charge in [-0.2, -0.15) is 0 Å². The Morgan fingerprint density at radius 3 is 2.00 bits per heavy atom. The van der Waals surface area contributed by atoms with E-state index in [9.17, 15) is 9.59 Å². The second-order valence-electron chi connectivity index (χ2n) is 9.02. The van der Waals surface area contributed by atoms with Crippen LogP contribution in [-0.4, -0.2) is 29.8 Å². The van der Waals surface area contributed by atoms with Crippen molar-refractivity contribution in [2.24, 2.45) is 29.6 Å². The predicted molar refractivity (Wildman–Crippen MR) is 101 cm³/mol. The van der Waals surface area contributed by atoms with Crippen molar-refractivity contribution in [1.82, 2.24) is 4.90 Å². The van der Waals surface area contributed by atoms with Crippen LogP contribution in [0.2, 0.25) is 0 Å². The van der Waals surface area contributed by atoms with Gasteiger partial charge in [0.05, 0.1) is 0 Å². The van der Waals surface area contributed by atoms with Crippen molar-refractivity contribution in [1.29, 1.82) is 0 Å². The zero-order chi connectivity index (χ0) is 17.7. The van der Waals surface area contributed by atoms with Crippen LogP contribution in [0.3, 0.4) is 0 Å². The van der Waals surface area contributed by atoms with Gasteiger partial charge >= 0.3 is 0 Å². The molecule has 6 rings (SSSR count). The Bertz CT molecular complexity index is 677. The molecule has 1 aromatic carbocycles. The summed E-state index contributed by atoms with van der Waals surface area (Å²) in [5, 5.41) is 3.14. The number of nitrogens with one attached hydrogen (secondary N) is 1. The van der Waals surface area contributed by atoms with Gasteiger partial charge in [-0.05, 0) is 92.9 Å². The Morgan fingerprint density at radius 2 is 1.42 bits per heavy atom. The van der Waals surface area contributed by atoms with Gasteiger partial charge in [-0.25, -0.2) is 0 Å². The fourth-order valence-electron chi connectivity index (χ4n) is 6.38. The van der Waals surface area contributed by atoms with Gasteiger partial charge in [0.2, 0.25) is 5.91 Å². The zero-order valence-electron chi connectivity index (χ0n) is 15.3. The van der Waals surface area contributed by atoms with Crippen molar-refractivity contribution in [3.63, 3.8) is 0 Å². The van der Waals surface area contributed by atoms with Gasteiger partial charge in [0.25, 0.3) is 5.91 Å². The highest BCUT2D eigenvalue weighted by atomic mass is 16.2. The summed E-state index contributed by atoms with van der Waals surface area (Å²) < 4.78 is 0. The van der Waals surface area contributed by atoms with E-state index < -0.39 is 0 Å². The van der Waals surface area contributed by atoms with Gasteiger partial charge in [-0.15, -0.1) is 0 Å². The van der Waals surface area contributed by atoms with Crippen LogP contribution >= 0.6 is 0 Å². The number of benzene rings is 1. The lowest BCUT2D eigenvalue weighted by Crippen LogP contribution is -2.49. The third-order valence-electron chi connectivity index (χ3n) is 7.32. The molecule has 2 amide bonds. The van der Waals surface area contributed by atoms with Gasteiger partial charge in [-0.1, -0.05) is 0 Å². The van der Waals surface area contributed by atoms with Crippen LogP contribution in [0, 0.1) is 29.6 Å². The molecule has 4 aliphatic carbocycles. The molecule has 1 N–H and O–H groups in total. The van der Waals surface area contributed by atoms with Crippen LogP contribution in [0.25, 0.3) is 0 Å². The molecular weight excluding hydrogens is 324 g/mol. The molecule has 4 bridgehead atoms. The summed E-state index contributed by atoms with van der Waals surface area (Å²) in [6.45, 7) is 1.73. The number of hydrogen-bond donors (Lipinski definition) is 1. The quantitative estimate of drug-likeness (QED) is 0.896. The molecular formula is C22H28N2O2. The maximum atomic E-state index is 12.9. The topological polar surface area (TPSA) is 49.4 Å². The molecule has 4 heteroatoms. The fraction of sp³-hybridized carbons (Fsp3) is 0.636. The highest BCUT2D eigenvalue weighted by Gasteiger charge is 2.50. The van der Waals surface area contributed by atoms with Crippen molar-refractivity contribution >= 4 is 17.5 Å². The minimum atomic E-state index is 0.112. The minimum Gasteiger partial charge on any atom is -0.339 e. The lowest BCUT2D eigenvalue weighted by atomic mass is 9.51. The van der Waals surface area contributed by atoms with Crippen LogP contribution in [0.5, 0.6) is 0 Å². The van der Waals surface area contributed by atoms with Crippen molar-refractivity contribution < 1.29 is 9.59 Å². The molecule has 5 fully saturated rings. The lowest BCUT2D eigenvalue weighted by molar-refractivity contribution is -0.132. The Labute approximate surface area is 155 Å². The second kappa shape index (κ2) is 6.40. The number of likely N-dealkylation sites (tertiary alicyclic amines) is 1. The molecule has 5 aliphatic rings. The Kier molecular flexibility index (Phi) is 4.02. The third-order valence-corrected chi connectivity index (χ3v) is 7.32. The van der Waals surface area contributed by atoms with Gasteiger partial charge in [-0.3, -0.25) is 9.59 Å². The molecule has 0 spiro atoms. The first-order chi connectivity index (χ1) is 12.7. The normalized spacial score (nSPS) is 34.9. The van der Waals surface area contributed by atoms with Gasteiger partial charge < -0.3 is 10.2 Å². The van der Waals surface area contributed by atoms with E-state index in [0.29, 0.717) is 11.8 Å². The molecule has 26 heavy (non-hydrogen) atoms. The SMILES string of the molecule is O=C(Nc1ccc(C(=O)N2CCCC2)cc1)C1C2CC3CC(C2)CC1C3. The number of carbonyl (C=O) groups excluding carboxylic acids is 2. The van der Waals surface area contributed by atoms with Crippen molar-refractivity contribution in [2.75, 3.05) is 18.4 Å². The highest BCUT2D eigenvalue weighted by molar-refractivity contribution is 5.96. The molecule has 0 atom stereocenters. The average Bonchev–Trinajstić information content (AvgIpc) is 3.15. The number of rotatable bonds is 3. The molecule has 0 radical (unpaired) electrons. The Balaban J connectivity index is 1.25.